The number of anilines is 1. The molecule has 160 valence electrons. The van der Waals surface area contributed by atoms with Gasteiger partial charge in [0.1, 0.15) is 10.7 Å². The Morgan fingerprint density at radius 3 is 2.46 bits per heavy atom. The first-order valence-corrected chi connectivity index (χ1v) is 10.8. The van der Waals surface area contributed by atoms with Crippen LogP contribution >= 0.6 is 12.4 Å². The second kappa shape index (κ2) is 10.0. The number of hydrogen-bond acceptors (Lipinski definition) is 4. The molecule has 1 aliphatic rings. The second-order valence-electron chi connectivity index (χ2n) is 8.32. The molecule has 1 fully saturated rings. The van der Waals surface area contributed by atoms with Crippen LogP contribution in [0.15, 0.2) is 23.1 Å². The summed E-state index contributed by atoms with van der Waals surface area (Å²) in [5.41, 5.74) is -0.470. The Hall–Kier alpha value is -1.22. The molecule has 0 bridgehead atoms. The monoisotopic (exact) mass is 435 g/mol. The Morgan fingerprint density at radius 2 is 1.89 bits per heavy atom. The molecule has 1 aromatic carbocycles. The van der Waals surface area contributed by atoms with Crippen molar-refractivity contribution in [2.75, 3.05) is 18.4 Å². The van der Waals surface area contributed by atoms with Crippen molar-refractivity contribution in [1.82, 2.24) is 10.0 Å². The highest BCUT2D eigenvalue weighted by atomic mass is 35.5. The number of amides is 1. The van der Waals surface area contributed by atoms with E-state index in [0.717, 1.165) is 38.1 Å². The van der Waals surface area contributed by atoms with Crippen molar-refractivity contribution in [2.24, 2.45) is 11.8 Å². The van der Waals surface area contributed by atoms with Gasteiger partial charge in [0.15, 0.2) is 0 Å². The molecule has 2 rings (SSSR count). The van der Waals surface area contributed by atoms with Gasteiger partial charge in [-0.3, -0.25) is 4.79 Å². The maximum Gasteiger partial charge on any atom is 0.244 e. The largest absolute Gasteiger partial charge is 0.326 e. The molecule has 6 nitrogen and oxygen atoms in total. The Kier molecular flexibility index (Phi) is 8.87. The normalized spacial score (nSPS) is 16.9. The van der Waals surface area contributed by atoms with Gasteiger partial charge in [-0.15, -0.1) is 12.4 Å². The van der Waals surface area contributed by atoms with Gasteiger partial charge in [0, 0.05) is 17.6 Å². The zero-order valence-electron chi connectivity index (χ0n) is 16.8. The van der Waals surface area contributed by atoms with Crippen LogP contribution in [0.3, 0.4) is 0 Å². The summed E-state index contributed by atoms with van der Waals surface area (Å²) in [6.07, 6.45) is 2.45. The molecule has 0 spiro atoms. The fraction of sp³-hybridized carbons (Fsp3) is 0.632. The number of sulfonamides is 1. The molecule has 9 heteroatoms. The lowest BCUT2D eigenvalue weighted by atomic mass is 9.84. The Morgan fingerprint density at radius 1 is 1.29 bits per heavy atom. The van der Waals surface area contributed by atoms with E-state index in [0.29, 0.717) is 12.3 Å². The first kappa shape index (κ1) is 24.8. The fourth-order valence-electron chi connectivity index (χ4n) is 3.33. The highest BCUT2D eigenvalue weighted by Gasteiger charge is 2.26. The molecule has 1 atom stereocenters. The van der Waals surface area contributed by atoms with Gasteiger partial charge in [0.05, 0.1) is 0 Å². The highest BCUT2D eigenvalue weighted by Crippen LogP contribution is 2.25. The molecule has 1 unspecified atom stereocenters. The van der Waals surface area contributed by atoms with Crippen LogP contribution in [-0.2, 0) is 14.8 Å². The van der Waals surface area contributed by atoms with Crippen LogP contribution in [-0.4, -0.2) is 33.0 Å². The minimum atomic E-state index is -4.03. The van der Waals surface area contributed by atoms with E-state index < -0.39 is 26.3 Å². The molecule has 1 aliphatic heterocycles. The van der Waals surface area contributed by atoms with Gasteiger partial charge < -0.3 is 10.6 Å². The molecule has 28 heavy (non-hydrogen) atoms. The first-order chi connectivity index (χ1) is 12.5. The maximum atomic E-state index is 14.1. The van der Waals surface area contributed by atoms with Gasteiger partial charge >= 0.3 is 0 Å². The van der Waals surface area contributed by atoms with Crippen molar-refractivity contribution in [3.63, 3.8) is 0 Å². The number of carbonyl (C=O) groups is 1. The summed E-state index contributed by atoms with van der Waals surface area (Å²) in [5.74, 6) is -0.317. The van der Waals surface area contributed by atoms with Gasteiger partial charge in [-0.05, 0) is 76.7 Å². The van der Waals surface area contributed by atoms with E-state index in [1.54, 1.807) is 20.8 Å². The van der Waals surface area contributed by atoms with E-state index in [1.807, 2.05) is 0 Å². The zero-order chi connectivity index (χ0) is 20.2. The molecule has 0 saturated carbocycles. The third-order valence-electron chi connectivity index (χ3n) is 4.64. The molecule has 1 heterocycles. The van der Waals surface area contributed by atoms with Gasteiger partial charge in [-0.2, -0.15) is 0 Å². The van der Waals surface area contributed by atoms with Gasteiger partial charge in [0.2, 0.25) is 15.9 Å². The van der Waals surface area contributed by atoms with Crippen LogP contribution < -0.4 is 15.4 Å². The molecule has 3 N–H and O–H groups in total. The third-order valence-corrected chi connectivity index (χ3v) is 6.41. The number of benzene rings is 1. The van der Waals surface area contributed by atoms with E-state index >= 15 is 0 Å². The number of hydrogen-bond donors (Lipinski definition) is 3. The summed E-state index contributed by atoms with van der Waals surface area (Å²) >= 11 is 0. The Balaban J connectivity index is 0.00000392. The summed E-state index contributed by atoms with van der Waals surface area (Å²) in [4.78, 5) is 11.9. The molecule has 0 aliphatic carbocycles. The Labute approximate surface area is 173 Å². The van der Waals surface area contributed by atoms with E-state index in [-0.39, 0.29) is 29.9 Å². The molecular weight excluding hydrogens is 405 g/mol. The number of nitrogens with one attached hydrogen (secondary N) is 3. The first-order valence-electron chi connectivity index (χ1n) is 9.32. The summed E-state index contributed by atoms with van der Waals surface area (Å²) in [7, 11) is -4.03. The van der Waals surface area contributed by atoms with Crippen LogP contribution in [0, 0.1) is 17.7 Å². The predicted octanol–water partition coefficient (Wildman–Crippen LogP) is 3.29. The third kappa shape index (κ3) is 7.31. The maximum absolute atomic E-state index is 14.1. The highest BCUT2D eigenvalue weighted by molar-refractivity contribution is 7.89. The van der Waals surface area contributed by atoms with Gasteiger partial charge in [-0.25, -0.2) is 17.5 Å². The predicted molar refractivity (Wildman–Crippen MR) is 112 cm³/mol. The summed E-state index contributed by atoms with van der Waals surface area (Å²) < 4.78 is 41.4. The smallest absolute Gasteiger partial charge is 0.244 e. The van der Waals surface area contributed by atoms with Gasteiger partial charge in [0.25, 0.3) is 0 Å². The quantitative estimate of drug-likeness (QED) is 0.639. The lowest BCUT2D eigenvalue weighted by Crippen LogP contribution is -2.40. The van der Waals surface area contributed by atoms with Crippen molar-refractivity contribution in [1.29, 1.82) is 0 Å². The van der Waals surface area contributed by atoms with E-state index in [2.05, 4.69) is 22.3 Å². The summed E-state index contributed by atoms with van der Waals surface area (Å²) in [6.45, 7) is 9.03. The molecule has 0 aromatic heterocycles. The van der Waals surface area contributed by atoms with Crippen LogP contribution in [0.5, 0.6) is 0 Å². The van der Waals surface area contributed by atoms with Crippen molar-refractivity contribution in [3.05, 3.63) is 24.0 Å². The van der Waals surface area contributed by atoms with Crippen molar-refractivity contribution in [3.8, 4) is 0 Å². The second-order valence-corrected chi connectivity index (χ2v) is 9.97. The minimum absolute atomic E-state index is 0. The zero-order valence-corrected chi connectivity index (χ0v) is 18.5. The van der Waals surface area contributed by atoms with Crippen molar-refractivity contribution < 1.29 is 17.6 Å². The van der Waals surface area contributed by atoms with Crippen LogP contribution in [0.1, 0.15) is 47.0 Å². The average molecular weight is 436 g/mol. The van der Waals surface area contributed by atoms with Crippen LogP contribution in [0.2, 0.25) is 0 Å². The number of halogens is 2. The average Bonchev–Trinajstić information content (AvgIpc) is 2.55. The molecule has 0 radical (unpaired) electrons. The standard InChI is InChI=1S/C19H30FN3O3S.ClH/c1-13(14-7-9-21-10-8-14)11-18(24)22-15-5-6-16(20)17(12-15)27(25,26)23-19(2,3)4;/h5-6,12-14,21,23H,7-11H2,1-4H3,(H,22,24);1H. The lowest BCUT2D eigenvalue weighted by molar-refractivity contribution is -0.117. The minimum Gasteiger partial charge on any atom is -0.326 e. The van der Waals surface area contributed by atoms with Crippen molar-refractivity contribution >= 4 is 34.0 Å². The van der Waals surface area contributed by atoms with E-state index in [4.69, 9.17) is 0 Å². The number of rotatable bonds is 6. The SMILES string of the molecule is CC(CC(=O)Nc1ccc(F)c(S(=O)(=O)NC(C)(C)C)c1)C1CCNCC1.Cl. The lowest BCUT2D eigenvalue weighted by Gasteiger charge is -2.27. The summed E-state index contributed by atoms with van der Waals surface area (Å²) in [6, 6.07) is 3.60. The number of carbonyl (C=O) groups excluding carboxylic acids is 1. The molecular formula is C19H31ClFN3O3S. The molecule has 1 aromatic rings. The van der Waals surface area contributed by atoms with Crippen LogP contribution in [0.25, 0.3) is 0 Å². The number of piperidine rings is 1. The van der Waals surface area contributed by atoms with Crippen molar-refractivity contribution in [2.45, 2.75) is 57.4 Å². The molecule has 1 amide bonds. The summed E-state index contributed by atoms with van der Waals surface area (Å²) in [5, 5.41) is 6.01. The Bertz CT molecular complexity index is 775. The van der Waals surface area contributed by atoms with Gasteiger partial charge in [-0.1, -0.05) is 6.92 Å². The fourth-order valence-corrected chi connectivity index (χ4v) is 4.85. The topological polar surface area (TPSA) is 87.3 Å². The van der Waals surface area contributed by atoms with E-state index in [1.165, 1.54) is 6.07 Å². The molecule has 1 saturated heterocycles. The van der Waals surface area contributed by atoms with E-state index in [9.17, 15) is 17.6 Å². The van der Waals surface area contributed by atoms with Crippen LogP contribution in [0.4, 0.5) is 10.1 Å².